The van der Waals surface area contributed by atoms with Crippen molar-refractivity contribution in [2.45, 2.75) is 33.4 Å². The molecule has 154 valence electrons. The van der Waals surface area contributed by atoms with E-state index in [1.165, 1.54) is 17.4 Å². The zero-order chi connectivity index (χ0) is 20.9. The van der Waals surface area contributed by atoms with Gasteiger partial charge in [0.15, 0.2) is 5.76 Å². The molecule has 6 nitrogen and oxygen atoms in total. The first-order chi connectivity index (χ1) is 14.6. The van der Waals surface area contributed by atoms with Crippen LogP contribution in [-0.4, -0.2) is 22.1 Å². The molecule has 0 aliphatic carbocycles. The number of nitrogens with one attached hydrogen (secondary N) is 1. The lowest BCUT2D eigenvalue weighted by molar-refractivity contribution is 0.0921. The summed E-state index contributed by atoms with van der Waals surface area (Å²) < 4.78 is 13.2. The van der Waals surface area contributed by atoms with Gasteiger partial charge in [-0.1, -0.05) is 18.2 Å². The first kappa shape index (κ1) is 19.8. The number of hydrogen-bond acceptors (Lipinski definition) is 4. The lowest BCUT2D eigenvalue weighted by Gasteiger charge is -2.11. The van der Waals surface area contributed by atoms with Gasteiger partial charge in [0.25, 0.3) is 5.91 Å². The highest BCUT2D eigenvalue weighted by Crippen LogP contribution is 2.19. The van der Waals surface area contributed by atoms with Gasteiger partial charge in [-0.3, -0.25) is 4.79 Å². The average molecular weight is 403 g/mol. The zero-order valence-electron chi connectivity index (χ0n) is 17.2. The summed E-state index contributed by atoms with van der Waals surface area (Å²) >= 11 is 0. The van der Waals surface area contributed by atoms with E-state index in [0.29, 0.717) is 18.9 Å². The van der Waals surface area contributed by atoms with Crippen LogP contribution in [0.2, 0.25) is 0 Å². The Morgan fingerprint density at radius 2 is 1.90 bits per heavy atom. The van der Waals surface area contributed by atoms with Gasteiger partial charge in [0.2, 0.25) is 0 Å². The number of carbonyl (C=O) groups is 1. The van der Waals surface area contributed by atoms with Gasteiger partial charge in [0.05, 0.1) is 30.4 Å². The fourth-order valence-corrected chi connectivity index (χ4v) is 3.59. The highest BCUT2D eigenvalue weighted by Gasteiger charge is 2.13. The van der Waals surface area contributed by atoms with Crippen LogP contribution in [0.15, 0.2) is 65.3 Å². The number of carbonyl (C=O) groups excluding carboxylic acids is 1. The largest absolute Gasteiger partial charge is 0.494 e. The van der Waals surface area contributed by atoms with E-state index in [2.05, 4.69) is 41.9 Å². The lowest BCUT2D eigenvalue weighted by Crippen LogP contribution is -2.24. The summed E-state index contributed by atoms with van der Waals surface area (Å²) in [5, 5.41) is 2.88. The van der Waals surface area contributed by atoms with Crippen LogP contribution in [0, 0.1) is 13.8 Å². The molecule has 0 spiro atoms. The predicted molar refractivity (Wildman–Crippen MR) is 116 cm³/mol. The van der Waals surface area contributed by atoms with Crippen molar-refractivity contribution < 1.29 is 13.9 Å². The van der Waals surface area contributed by atoms with Gasteiger partial charge in [0, 0.05) is 6.54 Å². The molecule has 4 rings (SSSR count). The number of para-hydroxylation sites is 2. The second kappa shape index (κ2) is 8.86. The molecular weight excluding hydrogens is 378 g/mol. The summed E-state index contributed by atoms with van der Waals surface area (Å²) in [5.41, 5.74) is 4.35. The number of hydrogen-bond donors (Lipinski definition) is 1. The van der Waals surface area contributed by atoms with Crippen molar-refractivity contribution in [2.24, 2.45) is 0 Å². The molecule has 1 amide bonds. The highest BCUT2D eigenvalue weighted by atomic mass is 16.5. The van der Waals surface area contributed by atoms with Gasteiger partial charge < -0.3 is 19.0 Å². The number of ether oxygens (including phenoxy) is 1. The average Bonchev–Trinajstić information content (AvgIpc) is 3.37. The molecule has 2 aromatic carbocycles. The molecule has 0 unspecified atom stereocenters. The van der Waals surface area contributed by atoms with Crippen molar-refractivity contribution >= 4 is 16.9 Å². The molecule has 0 fully saturated rings. The number of aromatic nitrogens is 2. The molecule has 2 heterocycles. The van der Waals surface area contributed by atoms with E-state index in [1.807, 2.05) is 24.3 Å². The molecule has 30 heavy (non-hydrogen) atoms. The number of nitrogens with zero attached hydrogens (tertiary/aromatic N) is 2. The predicted octanol–water partition coefficient (Wildman–Crippen LogP) is 4.65. The highest BCUT2D eigenvalue weighted by molar-refractivity contribution is 5.91. The first-order valence-corrected chi connectivity index (χ1v) is 10.1. The number of aryl methyl sites for hydroxylation is 3. The molecule has 4 aromatic rings. The summed E-state index contributed by atoms with van der Waals surface area (Å²) in [6, 6.07) is 17.6. The third-order valence-electron chi connectivity index (χ3n) is 4.88. The van der Waals surface area contributed by atoms with Crippen LogP contribution in [-0.2, 0) is 13.1 Å². The summed E-state index contributed by atoms with van der Waals surface area (Å²) in [6.07, 6.45) is 2.31. The SMILES string of the molecule is Cc1cc(C)cc(OCCCn2c(CNC(=O)c3ccco3)nc3ccccc32)c1. The summed E-state index contributed by atoms with van der Waals surface area (Å²) in [5.74, 6) is 1.74. The number of rotatable bonds is 8. The van der Waals surface area contributed by atoms with E-state index in [0.717, 1.165) is 35.6 Å². The van der Waals surface area contributed by atoms with E-state index in [9.17, 15) is 4.79 Å². The van der Waals surface area contributed by atoms with Crippen molar-refractivity contribution in [3.05, 3.63) is 83.6 Å². The smallest absolute Gasteiger partial charge is 0.287 e. The Balaban J connectivity index is 1.42. The monoisotopic (exact) mass is 403 g/mol. The molecule has 0 saturated heterocycles. The van der Waals surface area contributed by atoms with Crippen LogP contribution < -0.4 is 10.1 Å². The van der Waals surface area contributed by atoms with Crippen LogP contribution in [0.3, 0.4) is 0 Å². The fourth-order valence-electron chi connectivity index (χ4n) is 3.59. The fraction of sp³-hybridized carbons (Fsp3) is 0.250. The number of imidazole rings is 1. The number of fused-ring (bicyclic) bond motifs is 1. The van der Waals surface area contributed by atoms with Crippen LogP contribution in [0.25, 0.3) is 11.0 Å². The minimum atomic E-state index is -0.253. The van der Waals surface area contributed by atoms with E-state index in [4.69, 9.17) is 14.1 Å². The quantitative estimate of drug-likeness (QED) is 0.435. The molecule has 0 bridgehead atoms. The van der Waals surface area contributed by atoms with Crippen LogP contribution in [0.5, 0.6) is 5.75 Å². The Morgan fingerprint density at radius 3 is 2.67 bits per heavy atom. The van der Waals surface area contributed by atoms with Crippen LogP contribution in [0.1, 0.15) is 33.9 Å². The third kappa shape index (κ3) is 4.54. The van der Waals surface area contributed by atoms with Gasteiger partial charge in [0.1, 0.15) is 11.6 Å². The second-order valence-electron chi connectivity index (χ2n) is 7.35. The summed E-state index contributed by atoms with van der Waals surface area (Å²) in [6.45, 7) is 5.82. The van der Waals surface area contributed by atoms with E-state index in [1.54, 1.807) is 12.1 Å². The molecule has 0 atom stereocenters. The van der Waals surface area contributed by atoms with Gasteiger partial charge in [-0.25, -0.2) is 4.98 Å². The van der Waals surface area contributed by atoms with Crippen molar-refractivity contribution in [3.8, 4) is 5.75 Å². The lowest BCUT2D eigenvalue weighted by atomic mass is 10.1. The molecule has 0 radical (unpaired) electrons. The van der Waals surface area contributed by atoms with Crippen molar-refractivity contribution in [3.63, 3.8) is 0 Å². The normalized spacial score (nSPS) is 11.0. The molecule has 2 aromatic heterocycles. The molecule has 0 aliphatic rings. The Bertz CT molecular complexity index is 1130. The minimum Gasteiger partial charge on any atom is -0.494 e. The van der Waals surface area contributed by atoms with Gasteiger partial charge >= 0.3 is 0 Å². The maximum Gasteiger partial charge on any atom is 0.287 e. The topological polar surface area (TPSA) is 69.3 Å². The Labute approximate surface area is 175 Å². The minimum absolute atomic E-state index is 0.253. The molecular formula is C24H25N3O3. The second-order valence-corrected chi connectivity index (χ2v) is 7.35. The summed E-state index contributed by atoms with van der Waals surface area (Å²) in [7, 11) is 0. The zero-order valence-corrected chi connectivity index (χ0v) is 17.2. The summed E-state index contributed by atoms with van der Waals surface area (Å²) in [4.78, 5) is 16.9. The van der Waals surface area contributed by atoms with Gasteiger partial charge in [-0.15, -0.1) is 0 Å². The van der Waals surface area contributed by atoms with Gasteiger partial charge in [-0.05, 0) is 67.8 Å². The molecule has 0 aliphatic heterocycles. The first-order valence-electron chi connectivity index (χ1n) is 10.1. The third-order valence-corrected chi connectivity index (χ3v) is 4.88. The number of benzene rings is 2. The standard InChI is InChI=1S/C24H25N3O3/c1-17-13-18(2)15-19(14-17)29-12-6-10-27-21-8-4-3-7-20(21)26-23(27)16-25-24(28)22-9-5-11-30-22/h3-5,7-9,11,13-15H,6,10,12,16H2,1-2H3,(H,25,28). The van der Waals surface area contributed by atoms with Crippen molar-refractivity contribution in [1.29, 1.82) is 0 Å². The number of amides is 1. The van der Waals surface area contributed by atoms with E-state index < -0.39 is 0 Å². The van der Waals surface area contributed by atoms with E-state index >= 15 is 0 Å². The molecule has 1 N–H and O–H groups in total. The maximum absolute atomic E-state index is 12.2. The number of furan rings is 1. The van der Waals surface area contributed by atoms with Crippen molar-refractivity contribution in [2.75, 3.05) is 6.61 Å². The molecule has 6 heteroatoms. The Kier molecular flexibility index (Phi) is 5.84. The van der Waals surface area contributed by atoms with Crippen LogP contribution in [0.4, 0.5) is 0 Å². The Morgan fingerprint density at radius 1 is 1.10 bits per heavy atom. The Hall–Kier alpha value is -3.54. The van der Waals surface area contributed by atoms with Crippen molar-refractivity contribution in [1.82, 2.24) is 14.9 Å². The van der Waals surface area contributed by atoms with Crippen LogP contribution >= 0.6 is 0 Å². The van der Waals surface area contributed by atoms with E-state index in [-0.39, 0.29) is 5.91 Å². The van der Waals surface area contributed by atoms with Gasteiger partial charge in [-0.2, -0.15) is 0 Å². The molecule has 0 saturated carbocycles. The maximum atomic E-state index is 12.2.